The highest BCUT2D eigenvalue weighted by Gasteiger charge is 2.07. The molecule has 0 saturated heterocycles. The number of carbonyl (C=O) groups excluding carboxylic acids is 2. The maximum Gasteiger partial charge on any atom is 0.160 e. The number of Topliss-reactive ketones (excluding diaryl/α,β-unsaturated/α-hetero) is 2. The zero-order chi connectivity index (χ0) is 18.1. The van der Waals surface area contributed by atoms with Gasteiger partial charge in [-0.3, -0.25) is 9.59 Å². The second-order valence-electron chi connectivity index (χ2n) is 5.41. The monoisotopic (exact) mass is 374 g/mol. The first-order valence-corrected chi connectivity index (χ1v) is 10.1. The van der Waals surface area contributed by atoms with Gasteiger partial charge in [0.25, 0.3) is 0 Å². The molecule has 0 aliphatic rings. The maximum absolute atomic E-state index is 11.6. The molecule has 0 N–H and O–H groups in total. The number of benzene rings is 2. The van der Waals surface area contributed by atoms with Crippen LogP contribution in [0.2, 0.25) is 0 Å². The van der Waals surface area contributed by atoms with Crippen molar-refractivity contribution in [3.8, 4) is 0 Å². The van der Waals surface area contributed by atoms with Crippen LogP contribution in [0.3, 0.4) is 0 Å². The third kappa shape index (κ3) is 6.34. The summed E-state index contributed by atoms with van der Waals surface area (Å²) in [4.78, 5) is 25.2. The van der Waals surface area contributed by atoms with Crippen LogP contribution in [0.15, 0.2) is 58.3 Å². The van der Waals surface area contributed by atoms with Crippen molar-refractivity contribution >= 4 is 35.1 Å². The van der Waals surface area contributed by atoms with Crippen molar-refractivity contribution in [3.63, 3.8) is 0 Å². The van der Waals surface area contributed by atoms with E-state index < -0.39 is 0 Å². The number of hydrogen-bond donors (Lipinski definition) is 0. The zero-order valence-corrected chi connectivity index (χ0v) is 16.1. The predicted octanol–water partition coefficient (Wildman–Crippen LogP) is 4.99. The summed E-state index contributed by atoms with van der Waals surface area (Å²) in [7, 11) is 0. The van der Waals surface area contributed by atoms with Crippen LogP contribution < -0.4 is 0 Å². The molecule has 0 amide bonds. The highest BCUT2D eigenvalue weighted by Crippen LogP contribution is 2.24. The van der Waals surface area contributed by atoms with Crippen molar-refractivity contribution in [2.24, 2.45) is 0 Å². The molecule has 0 unspecified atom stereocenters. The summed E-state index contributed by atoms with van der Waals surface area (Å²) in [5.74, 6) is 1.78. The summed E-state index contributed by atoms with van der Waals surface area (Å²) in [6.45, 7) is 4.44. The van der Waals surface area contributed by atoms with Crippen molar-refractivity contribution in [2.75, 3.05) is 24.7 Å². The van der Waals surface area contributed by atoms with Crippen LogP contribution in [0.25, 0.3) is 0 Å². The molecule has 0 fully saturated rings. The van der Waals surface area contributed by atoms with E-state index in [2.05, 4.69) is 0 Å². The number of ketones is 2. The van der Waals surface area contributed by atoms with E-state index in [1.807, 2.05) is 48.5 Å². The summed E-state index contributed by atoms with van der Waals surface area (Å²) in [6.07, 6.45) is 0. The highest BCUT2D eigenvalue weighted by atomic mass is 32.2. The van der Waals surface area contributed by atoms with Gasteiger partial charge in [-0.05, 0) is 26.0 Å². The molecule has 0 radical (unpaired) electrons. The van der Waals surface area contributed by atoms with Gasteiger partial charge in [0.05, 0.1) is 13.2 Å². The SMILES string of the molecule is CC(=O)c1ccccc1SCCOCCSc1ccccc1C(C)=O. The van der Waals surface area contributed by atoms with Crippen molar-refractivity contribution in [2.45, 2.75) is 23.6 Å². The van der Waals surface area contributed by atoms with E-state index in [4.69, 9.17) is 4.74 Å². The minimum Gasteiger partial charge on any atom is -0.380 e. The lowest BCUT2D eigenvalue weighted by atomic mass is 10.1. The summed E-state index contributed by atoms with van der Waals surface area (Å²) in [5.41, 5.74) is 1.53. The van der Waals surface area contributed by atoms with Crippen LogP contribution in [0, 0.1) is 0 Å². The summed E-state index contributed by atoms with van der Waals surface area (Å²) in [6, 6.07) is 15.3. The van der Waals surface area contributed by atoms with Crippen LogP contribution in [0.4, 0.5) is 0 Å². The fourth-order valence-corrected chi connectivity index (χ4v) is 4.22. The fourth-order valence-electron chi connectivity index (χ4n) is 2.29. The van der Waals surface area contributed by atoms with Gasteiger partial charge < -0.3 is 4.74 Å². The minimum absolute atomic E-state index is 0.0876. The van der Waals surface area contributed by atoms with Crippen molar-refractivity contribution in [1.29, 1.82) is 0 Å². The van der Waals surface area contributed by atoms with E-state index >= 15 is 0 Å². The van der Waals surface area contributed by atoms with Crippen LogP contribution in [0.1, 0.15) is 34.6 Å². The number of rotatable bonds is 10. The molecule has 25 heavy (non-hydrogen) atoms. The van der Waals surface area contributed by atoms with Crippen LogP contribution in [0.5, 0.6) is 0 Å². The van der Waals surface area contributed by atoms with Gasteiger partial charge in [0.1, 0.15) is 0 Å². The van der Waals surface area contributed by atoms with E-state index in [1.54, 1.807) is 37.4 Å². The Morgan fingerprint density at radius 3 is 1.56 bits per heavy atom. The van der Waals surface area contributed by atoms with Crippen LogP contribution in [-0.2, 0) is 4.74 Å². The van der Waals surface area contributed by atoms with Crippen molar-refractivity contribution < 1.29 is 14.3 Å². The molecule has 0 aliphatic heterocycles. The van der Waals surface area contributed by atoms with Crippen LogP contribution in [-0.4, -0.2) is 36.3 Å². The number of thioether (sulfide) groups is 2. The Hall–Kier alpha value is -1.56. The Labute approximate surface area is 157 Å². The first kappa shape index (κ1) is 19.8. The third-order valence-corrected chi connectivity index (χ3v) is 5.58. The normalized spacial score (nSPS) is 10.6. The Kier molecular flexibility index (Phi) is 8.25. The average Bonchev–Trinajstić information content (AvgIpc) is 2.61. The molecule has 2 rings (SSSR count). The molecule has 0 heterocycles. The van der Waals surface area contributed by atoms with Gasteiger partial charge in [-0.2, -0.15) is 0 Å². The first-order chi connectivity index (χ1) is 12.1. The van der Waals surface area contributed by atoms with Crippen molar-refractivity contribution in [1.82, 2.24) is 0 Å². The first-order valence-electron chi connectivity index (χ1n) is 8.13. The van der Waals surface area contributed by atoms with Gasteiger partial charge in [-0.25, -0.2) is 0 Å². The molecule has 2 aromatic rings. The standard InChI is InChI=1S/C20H22O3S2/c1-15(21)17-7-3-5-9-19(17)24-13-11-23-12-14-25-20-10-6-4-8-18(20)16(2)22/h3-10H,11-14H2,1-2H3. The Bertz CT molecular complexity index is 667. The molecule has 0 aromatic heterocycles. The molecule has 0 atom stereocenters. The summed E-state index contributed by atoms with van der Waals surface area (Å²) >= 11 is 3.28. The quantitative estimate of drug-likeness (QED) is 0.333. The van der Waals surface area contributed by atoms with Gasteiger partial charge in [0.2, 0.25) is 0 Å². The Morgan fingerprint density at radius 1 is 0.760 bits per heavy atom. The Morgan fingerprint density at radius 2 is 1.16 bits per heavy atom. The lowest BCUT2D eigenvalue weighted by molar-refractivity contribution is 0.100. The summed E-state index contributed by atoms with van der Waals surface area (Å²) in [5, 5.41) is 0. The van der Waals surface area contributed by atoms with E-state index in [-0.39, 0.29) is 11.6 Å². The molecule has 0 spiro atoms. The number of hydrogen-bond acceptors (Lipinski definition) is 5. The van der Waals surface area contributed by atoms with Gasteiger partial charge in [-0.1, -0.05) is 36.4 Å². The molecular weight excluding hydrogens is 352 g/mol. The molecule has 0 aliphatic carbocycles. The minimum atomic E-state index is 0.0876. The van der Waals surface area contributed by atoms with Crippen molar-refractivity contribution in [3.05, 3.63) is 59.7 Å². The highest BCUT2D eigenvalue weighted by molar-refractivity contribution is 7.99. The molecule has 5 heteroatoms. The van der Waals surface area contributed by atoms with E-state index in [9.17, 15) is 9.59 Å². The second-order valence-corrected chi connectivity index (χ2v) is 7.69. The fraction of sp³-hybridized carbons (Fsp3) is 0.300. The molecule has 0 bridgehead atoms. The molecule has 0 saturated carbocycles. The second kappa shape index (κ2) is 10.4. The Balaban J connectivity index is 1.68. The molecule has 2 aromatic carbocycles. The van der Waals surface area contributed by atoms with Crippen LogP contribution >= 0.6 is 23.5 Å². The topological polar surface area (TPSA) is 43.4 Å². The van der Waals surface area contributed by atoms with Gasteiger partial charge in [0.15, 0.2) is 11.6 Å². The molecular formula is C20H22O3S2. The summed E-state index contributed by atoms with van der Waals surface area (Å²) < 4.78 is 5.67. The lowest BCUT2D eigenvalue weighted by Gasteiger charge is -2.08. The smallest absolute Gasteiger partial charge is 0.160 e. The number of carbonyl (C=O) groups is 2. The average molecular weight is 375 g/mol. The lowest BCUT2D eigenvalue weighted by Crippen LogP contribution is -2.03. The maximum atomic E-state index is 11.6. The third-order valence-electron chi connectivity index (χ3n) is 3.50. The molecule has 3 nitrogen and oxygen atoms in total. The van der Waals surface area contributed by atoms with Gasteiger partial charge in [-0.15, -0.1) is 23.5 Å². The van der Waals surface area contributed by atoms with Gasteiger partial charge >= 0.3 is 0 Å². The number of ether oxygens (including phenoxy) is 1. The van der Waals surface area contributed by atoms with Gasteiger partial charge in [0, 0.05) is 32.4 Å². The van der Waals surface area contributed by atoms with E-state index in [0.29, 0.717) is 13.2 Å². The zero-order valence-electron chi connectivity index (χ0n) is 14.5. The van der Waals surface area contributed by atoms with E-state index in [0.717, 1.165) is 32.4 Å². The molecule has 132 valence electrons. The predicted molar refractivity (Wildman–Crippen MR) is 105 cm³/mol. The van der Waals surface area contributed by atoms with E-state index in [1.165, 1.54) is 0 Å². The largest absolute Gasteiger partial charge is 0.380 e.